The molecule has 0 atom stereocenters. The van der Waals surface area contributed by atoms with Crippen LogP contribution < -0.4 is 4.74 Å². The average Bonchev–Trinajstić information content (AvgIpc) is 3.10. The van der Waals surface area contributed by atoms with Crippen molar-refractivity contribution in [3.05, 3.63) is 52.7 Å². The third-order valence-corrected chi connectivity index (χ3v) is 4.59. The van der Waals surface area contributed by atoms with Crippen molar-refractivity contribution in [2.75, 3.05) is 19.7 Å². The van der Waals surface area contributed by atoms with Crippen LogP contribution in [0.3, 0.4) is 0 Å². The van der Waals surface area contributed by atoms with Crippen LogP contribution in [0, 0.1) is 0 Å². The van der Waals surface area contributed by atoms with Gasteiger partial charge in [0.1, 0.15) is 11.4 Å². The molecule has 138 valence electrons. The predicted molar refractivity (Wildman–Crippen MR) is 96.6 cm³/mol. The maximum Gasteiger partial charge on any atom is 0.260 e. The molecule has 0 N–H and O–H groups in total. The van der Waals surface area contributed by atoms with E-state index in [1.165, 1.54) is 0 Å². The number of nitrogens with zero attached hydrogens (tertiary/aromatic N) is 5. The SMILES string of the molecule is O=C(COc1ccc(Cl)cc1Cl)N1CC(c2nc(-c3cnccn3)no2)C1. The van der Waals surface area contributed by atoms with E-state index in [-0.39, 0.29) is 18.4 Å². The first-order chi connectivity index (χ1) is 13.1. The summed E-state index contributed by atoms with van der Waals surface area (Å²) in [6.45, 7) is 0.861. The first kappa shape index (κ1) is 17.7. The second-order valence-corrected chi connectivity index (χ2v) is 6.75. The number of ether oxygens (including phenoxy) is 1. The van der Waals surface area contributed by atoms with Gasteiger partial charge in [0.25, 0.3) is 5.91 Å². The smallest absolute Gasteiger partial charge is 0.260 e. The molecule has 1 fully saturated rings. The highest BCUT2D eigenvalue weighted by atomic mass is 35.5. The second kappa shape index (κ2) is 7.50. The Morgan fingerprint density at radius 3 is 2.89 bits per heavy atom. The molecule has 0 aliphatic carbocycles. The molecular weight excluding hydrogens is 393 g/mol. The molecule has 0 bridgehead atoms. The van der Waals surface area contributed by atoms with Crippen LogP contribution in [0.5, 0.6) is 5.75 Å². The molecule has 0 unspecified atom stereocenters. The Morgan fingerprint density at radius 1 is 1.30 bits per heavy atom. The van der Waals surface area contributed by atoms with Crippen molar-refractivity contribution >= 4 is 29.1 Å². The fourth-order valence-electron chi connectivity index (χ4n) is 2.58. The topological polar surface area (TPSA) is 94.2 Å². The van der Waals surface area contributed by atoms with Crippen LogP contribution in [0.4, 0.5) is 0 Å². The van der Waals surface area contributed by atoms with Gasteiger partial charge >= 0.3 is 0 Å². The number of aromatic nitrogens is 4. The van der Waals surface area contributed by atoms with E-state index in [2.05, 4.69) is 20.1 Å². The van der Waals surface area contributed by atoms with Gasteiger partial charge in [0.2, 0.25) is 11.7 Å². The third kappa shape index (κ3) is 3.86. The molecule has 3 heterocycles. The molecule has 2 aromatic heterocycles. The standard InChI is InChI=1S/C17H13Cl2N5O3/c18-11-1-2-14(12(19)5-11)26-9-15(25)24-7-10(8-24)17-22-16(23-27-17)13-6-20-3-4-21-13/h1-6,10H,7-9H2. The van der Waals surface area contributed by atoms with Crippen molar-refractivity contribution < 1.29 is 14.1 Å². The maximum atomic E-state index is 12.2. The Kier molecular flexibility index (Phi) is 4.91. The number of likely N-dealkylation sites (tertiary alicyclic amines) is 1. The van der Waals surface area contributed by atoms with Crippen molar-refractivity contribution in [3.63, 3.8) is 0 Å². The summed E-state index contributed by atoms with van der Waals surface area (Å²) in [6.07, 6.45) is 4.69. The van der Waals surface area contributed by atoms with Gasteiger partial charge in [-0.05, 0) is 18.2 Å². The Morgan fingerprint density at radius 2 is 2.15 bits per heavy atom. The number of amides is 1. The minimum absolute atomic E-state index is 0.00834. The summed E-state index contributed by atoms with van der Waals surface area (Å²) in [4.78, 5) is 26.3. The largest absolute Gasteiger partial charge is 0.482 e. The van der Waals surface area contributed by atoms with Crippen LogP contribution in [-0.2, 0) is 4.79 Å². The van der Waals surface area contributed by atoms with Crippen LogP contribution >= 0.6 is 23.2 Å². The Labute approximate surface area is 164 Å². The number of carbonyl (C=O) groups is 1. The van der Waals surface area contributed by atoms with Gasteiger partial charge < -0.3 is 14.2 Å². The number of rotatable bonds is 5. The van der Waals surface area contributed by atoms with Crippen LogP contribution in [0.25, 0.3) is 11.5 Å². The zero-order valence-corrected chi connectivity index (χ0v) is 15.4. The van der Waals surface area contributed by atoms with Gasteiger partial charge in [-0.2, -0.15) is 4.98 Å². The lowest BCUT2D eigenvalue weighted by molar-refractivity contribution is -0.138. The Balaban J connectivity index is 1.30. The van der Waals surface area contributed by atoms with Crippen LogP contribution in [0.15, 0.2) is 41.3 Å². The molecule has 1 aliphatic heterocycles. The number of halogens is 2. The molecule has 1 aliphatic rings. The normalized spacial score (nSPS) is 14.1. The van der Waals surface area contributed by atoms with E-state index in [1.807, 2.05) is 0 Å². The number of carbonyl (C=O) groups excluding carboxylic acids is 1. The summed E-state index contributed by atoms with van der Waals surface area (Å²) >= 11 is 11.9. The van der Waals surface area contributed by atoms with Crippen molar-refractivity contribution in [2.45, 2.75) is 5.92 Å². The lowest BCUT2D eigenvalue weighted by Gasteiger charge is -2.36. The van der Waals surface area contributed by atoms with Gasteiger partial charge in [0, 0.05) is 30.5 Å². The fraction of sp³-hybridized carbons (Fsp3) is 0.235. The highest BCUT2D eigenvalue weighted by Gasteiger charge is 2.35. The molecule has 1 saturated heterocycles. The van der Waals surface area contributed by atoms with Crippen molar-refractivity contribution in [2.24, 2.45) is 0 Å². The molecule has 1 aromatic carbocycles. The zero-order valence-electron chi connectivity index (χ0n) is 13.9. The molecule has 0 radical (unpaired) electrons. The van der Waals surface area contributed by atoms with Gasteiger partial charge in [0.05, 0.1) is 17.1 Å². The summed E-state index contributed by atoms with van der Waals surface area (Å²) < 4.78 is 10.7. The summed E-state index contributed by atoms with van der Waals surface area (Å²) in [5, 5.41) is 4.77. The molecule has 27 heavy (non-hydrogen) atoms. The summed E-state index contributed by atoms with van der Waals surface area (Å²) in [5.74, 6) is 1.11. The number of hydrogen-bond donors (Lipinski definition) is 0. The van der Waals surface area contributed by atoms with E-state index >= 15 is 0 Å². The van der Waals surface area contributed by atoms with E-state index in [4.69, 9.17) is 32.5 Å². The van der Waals surface area contributed by atoms with Gasteiger partial charge in [-0.25, -0.2) is 4.98 Å². The quantitative estimate of drug-likeness (QED) is 0.643. The second-order valence-electron chi connectivity index (χ2n) is 5.91. The van der Waals surface area contributed by atoms with E-state index in [0.717, 1.165) is 0 Å². The van der Waals surface area contributed by atoms with E-state index in [1.54, 1.807) is 41.7 Å². The number of hydrogen-bond acceptors (Lipinski definition) is 7. The third-order valence-electron chi connectivity index (χ3n) is 4.06. The minimum atomic E-state index is -0.147. The Hall–Kier alpha value is -2.71. The summed E-state index contributed by atoms with van der Waals surface area (Å²) in [5.41, 5.74) is 0.535. The highest BCUT2D eigenvalue weighted by molar-refractivity contribution is 6.35. The molecule has 8 nitrogen and oxygen atoms in total. The van der Waals surface area contributed by atoms with Crippen LogP contribution in [0.2, 0.25) is 10.0 Å². The lowest BCUT2D eigenvalue weighted by atomic mass is 10.0. The first-order valence-electron chi connectivity index (χ1n) is 8.06. The van der Waals surface area contributed by atoms with Crippen LogP contribution in [0.1, 0.15) is 11.8 Å². The van der Waals surface area contributed by atoms with E-state index in [9.17, 15) is 4.79 Å². The zero-order chi connectivity index (χ0) is 18.8. The van der Waals surface area contributed by atoms with Gasteiger partial charge in [-0.3, -0.25) is 9.78 Å². The molecule has 0 saturated carbocycles. The molecule has 3 aromatic rings. The van der Waals surface area contributed by atoms with Gasteiger partial charge in [-0.1, -0.05) is 28.4 Å². The van der Waals surface area contributed by atoms with E-state index in [0.29, 0.717) is 46.3 Å². The predicted octanol–water partition coefficient (Wildman–Crippen LogP) is 2.84. The molecule has 1 amide bonds. The average molecular weight is 406 g/mol. The van der Waals surface area contributed by atoms with Gasteiger partial charge in [0.15, 0.2) is 6.61 Å². The van der Waals surface area contributed by atoms with Crippen LogP contribution in [-0.4, -0.2) is 50.6 Å². The minimum Gasteiger partial charge on any atom is -0.482 e. The lowest BCUT2D eigenvalue weighted by Crippen LogP contribution is -2.50. The number of benzene rings is 1. The van der Waals surface area contributed by atoms with Crippen molar-refractivity contribution in [3.8, 4) is 17.3 Å². The first-order valence-corrected chi connectivity index (χ1v) is 8.81. The van der Waals surface area contributed by atoms with E-state index < -0.39 is 0 Å². The summed E-state index contributed by atoms with van der Waals surface area (Å²) in [6, 6.07) is 4.84. The van der Waals surface area contributed by atoms with Gasteiger partial charge in [-0.15, -0.1) is 0 Å². The monoisotopic (exact) mass is 405 g/mol. The highest BCUT2D eigenvalue weighted by Crippen LogP contribution is 2.29. The molecule has 10 heteroatoms. The Bertz CT molecular complexity index is 960. The van der Waals surface area contributed by atoms with Crippen molar-refractivity contribution in [1.82, 2.24) is 25.0 Å². The molecule has 4 rings (SSSR count). The molecule has 0 spiro atoms. The summed E-state index contributed by atoms with van der Waals surface area (Å²) in [7, 11) is 0. The van der Waals surface area contributed by atoms with Crippen molar-refractivity contribution in [1.29, 1.82) is 0 Å². The maximum absolute atomic E-state index is 12.2. The molecular formula is C17H13Cl2N5O3. The fourth-order valence-corrected chi connectivity index (χ4v) is 3.04.